The second-order valence-corrected chi connectivity index (χ2v) is 7.50. The average molecular weight is 304 g/mol. The zero-order valence-corrected chi connectivity index (χ0v) is 13.1. The van der Waals surface area contributed by atoms with Crippen LogP contribution >= 0.6 is 11.3 Å². The molecule has 0 spiro atoms. The third kappa shape index (κ3) is 3.01. The highest BCUT2D eigenvalue weighted by Crippen LogP contribution is 2.39. The summed E-state index contributed by atoms with van der Waals surface area (Å²) in [6, 6.07) is 0. The first kappa shape index (κ1) is 13.4. The Kier molecular flexibility index (Phi) is 3.51. The maximum absolute atomic E-state index is 5.41. The smallest absolute Gasteiger partial charge is 0.229 e. The van der Waals surface area contributed by atoms with Gasteiger partial charge in [-0.3, -0.25) is 4.90 Å². The van der Waals surface area contributed by atoms with E-state index < -0.39 is 0 Å². The van der Waals surface area contributed by atoms with Crippen LogP contribution in [0.5, 0.6) is 0 Å². The maximum Gasteiger partial charge on any atom is 0.229 e. The molecule has 3 heterocycles. The minimum absolute atomic E-state index is 0.420. The van der Waals surface area contributed by atoms with Crippen LogP contribution in [0.2, 0.25) is 0 Å². The van der Waals surface area contributed by atoms with Crippen molar-refractivity contribution in [3.05, 3.63) is 27.8 Å². The monoisotopic (exact) mass is 304 g/mol. The highest BCUT2D eigenvalue weighted by Gasteiger charge is 2.32. The molecule has 5 nitrogen and oxygen atoms in total. The second kappa shape index (κ2) is 5.50. The fourth-order valence-electron chi connectivity index (χ4n) is 3.02. The van der Waals surface area contributed by atoms with Crippen molar-refractivity contribution in [1.29, 1.82) is 0 Å². The highest BCUT2D eigenvalue weighted by atomic mass is 32.1. The minimum Gasteiger partial charge on any atom is -0.339 e. The lowest BCUT2D eigenvalue weighted by atomic mass is 9.97. The van der Waals surface area contributed by atoms with E-state index in [9.17, 15) is 0 Å². The molecule has 0 bridgehead atoms. The third-order valence-corrected chi connectivity index (χ3v) is 5.20. The Morgan fingerprint density at radius 3 is 3.00 bits per heavy atom. The molecule has 1 saturated heterocycles. The van der Waals surface area contributed by atoms with Crippen LogP contribution in [0, 0.1) is 6.92 Å². The Morgan fingerprint density at radius 2 is 2.24 bits per heavy atom. The second-order valence-electron chi connectivity index (χ2n) is 6.18. The van der Waals surface area contributed by atoms with Crippen molar-refractivity contribution >= 4 is 11.3 Å². The summed E-state index contributed by atoms with van der Waals surface area (Å²) in [6.07, 6.45) is 6.80. The van der Waals surface area contributed by atoms with Gasteiger partial charge in [0.2, 0.25) is 5.89 Å². The molecular weight excluding hydrogens is 284 g/mol. The summed E-state index contributed by atoms with van der Waals surface area (Å²) in [7, 11) is 0. The van der Waals surface area contributed by atoms with Gasteiger partial charge < -0.3 is 4.52 Å². The van der Waals surface area contributed by atoms with Gasteiger partial charge in [0, 0.05) is 36.0 Å². The van der Waals surface area contributed by atoms with Crippen LogP contribution in [-0.2, 0) is 6.54 Å². The summed E-state index contributed by atoms with van der Waals surface area (Å²) in [5, 5.41) is 5.37. The minimum atomic E-state index is 0.420. The highest BCUT2D eigenvalue weighted by molar-refractivity contribution is 7.11. The Hall–Kier alpha value is -1.27. The summed E-state index contributed by atoms with van der Waals surface area (Å²) in [5.74, 6) is 2.75. The van der Waals surface area contributed by atoms with Crippen molar-refractivity contribution in [3.8, 4) is 0 Å². The molecule has 112 valence electrons. The van der Waals surface area contributed by atoms with Crippen LogP contribution in [0.1, 0.15) is 59.1 Å². The average Bonchev–Trinajstić information content (AvgIpc) is 3.07. The number of likely N-dealkylation sites (tertiary alicyclic amines) is 1. The standard InChI is InChI=1S/C15H20N4OS/c1-10-16-7-13(21-10)9-19-6-2-3-12(8-19)14-17-15(20-18-14)11-4-5-11/h7,11-12H,2-6,8-9H2,1H3. The molecule has 4 rings (SSSR count). The van der Waals surface area contributed by atoms with Gasteiger partial charge in [0.05, 0.1) is 5.01 Å². The lowest BCUT2D eigenvalue weighted by Crippen LogP contribution is -2.34. The Bertz CT molecular complexity index is 619. The first-order chi connectivity index (χ1) is 10.3. The lowest BCUT2D eigenvalue weighted by molar-refractivity contribution is 0.196. The van der Waals surface area contributed by atoms with Gasteiger partial charge in [-0.1, -0.05) is 5.16 Å². The molecule has 0 N–H and O–H groups in total. The fourth-order valence-corrected chi connectivity index (χ4v) is 3.86. The molecule has 2 aromatic heterocycles. The van der Waals surface area contributed by atoms with E-state index in [0.29, 0.717) is 11.8 Å². The molecular formula is C15H20N4OS. The van der Waals surface area contributed by atoms with Gasteiger partial charge >= 0.3 is 0 Å². The predicted octanol–water partition coefficient (Wildman–Crippen LogP) is 3.09. The van der Waals surface area contributed by atoms with E-state index in [1.165, 1.54) is 30.6 Å². The zero-order valence-electron chi connectivity index (χ0n) is 12.3. The van der Waals surface area contributed by atoms with E-state index in [1.807, 2.05) is 6.20 Å². The number of nitrogens with zero attached hydrogens (tertiary/aromatic N) is 4. The van der Waals surface area contributed by atoms with Crippen LogP contribution < -0.4 is 0 Å². The number of aromatic nitrogens is 3. The predicted molar refractivity (Wildman–Crippen MR) is 80.4 cm³/mol. The molecule has 2 aromatic rings. The first-order valence-electron chi connectivity index (χ1n) is 7.75. The molecule has 2 aliphatic rings. The Balaban J connectivity index is 1.41. The van der Waals surface area contributed by atoms with Crippen LogP contribution in [-0.4, -0.2) is 33.1 Å². The van der Waals surface area contributed by atoms with Crippen LogP contribution in [0.15, 0.2) is 10.7 Å². The number of thiazole rings is 1. The molecule has 0 radical (unpaired) electrons. The van der Waals surface area contributed by atoms with Gasteiger partial charge in [0.1, 0.15) is 0 Å². The molecule has 21 heavy (non-hydrogen) atoms. The molecule has 0 amide bonds. The molecule has 1 saturated carbocycles. The van der Waals surface area contributed by atoms with Gasteiger partial charge in [-0.2, -0.15) is 4.98 Å². The molecule has 6 heteroatoms. The Labute approximate surface area is 128 Å². The largest absolute Gasteiger partial charge is 0.339 e. The first-order valence-corrected chi connectivity index (χ1v) is 8.57. The van der Waals surface area contributed by atoms with Crippen molar-refractivity contribution in [2.45, 2.75) is 51.0 Å². The van der Waals surface area contributed by atoms with Crippen LogP contribution in [0.4, 0.5) is 0 Å². The number of hydrogen-bond donors (Lipinski definition) is 0. The lowest BCUT2D eigenvalue weighted by Gasteiger charge is -2.30. The van der Waals surface area contributed by atoms with E-state index in [0.717, 1.165) is 36.4 Å². The number of hydrogen-bond acceptors (Lipinski definition) is 6. The summed E-state index contributed by atoms with van der Waals surface area (Å²) in [5.41, 5.74) is 0. The summed E-state index contributed by atoms with van der Waals surface area (Å²) < 4.78 is 5.41. The van der Waals surface area contributed by atoms with E-state index >= 15 is 0 Å². The SMILES string of the molecule is Cc1ncc(CN2CCCC(c3noc(C4CC4)n3)C2)s1. The molecule has 1 aliphatic carbocycles. The van der Waals surface area contributed by atoms with Crippen molar-refractivity contribution in [2.75, 3.05) is 13.1 Å². The van der Waals surface area contributed by atoms with Gasteiger partial charge in [-0.25, -0.2) is 4.98 Å². The summed E-state index contributed by atoms with van der Waals surface area (Å²) in [4.78, 5) is 12.8. The summed E-state index contributed by atoms with van der Waals surface area (Å²) in [6.45, 7) is 5.24. The quantitative estimate of drug-likeness (QED) is 0.869. The molecule has 1 unspecified atom stereocenters. The number of piperidine rings is 1. The van der Waals surface area contributed by atoms with Gasteiger partial charge in [-0.15, -0.1) is 11.3 Å². The van der Waals surface area contributed by atoms with Gasteiger partial charge in [-0.05, 0) is 39.2 Å². The molecule has 1 atom stereocenters. The van der Waals surface area contributed by atoms with E-state index in [1.54, 1.807) is 11.3 Å². The van der Waals surface area contributed by atoms with Gasteiger partial charge in [0.25, 0.3) is 0 Å². The van der Waals surface area contributed by atoms with E-state index in [-0.39, 0.29) is 0 Å². The van der Waals surface area contributed by atoms with Crippen LogP contribution in [0.25, 0.3) is 0 Å². The van der Waals surface area contributed by atoms with Gasteiger partial charge in [0.15, 0.2) is 5.82 Å². The van der Waals surface area contributed by atoms with E-state index in [4.69, 9.17) is 4.52 Å². The molecule has 2 fully saturated rings. The van der Waals surface area contributed by atoms with Crippen LogP contribution in [0.3, 0.4) is 0 Å². The van der Waals surface area contributed by atoms with Crippen molar-refractivity contribution < 1.29 is 4.52 Å². The molecule has 1 aliphatic heterocycles. The Morgan fingerprint density at radius 1 is 1.33 bits per heavy atom. The van der Waals surface area contributed by atoms with E-state index in [2.05, 4.69) is 26.9 Å². The third-order valence-electron chi connectivity index (χ3n) is 4.30. The fraction of sp³-hybridized carbons (Fsp3) is 0.667. The normalized spacial score (nSPS) is 23.6. The van der Waals surface area contributed by atoms with Crippen molar-refractivity contribution in [2.24, 2.45) is 0 Å². The maximum atomic E-state index is 5.41. The van der Waals surface area contributed by atoms with Crippen molar-refractivity contribution in [1.82, 2.24) is 20.0 Å². The number of rotatable bonds is 4. The summed E-state index contributed by atoms with van der Waals surface area (Å²) >= 11 is 1.79. The molecule has 0 aromatic carbocycles. The topological polar surface area (TPSA) is 55.1 Å². The zero-order chi connectivity index (χ0) is 14.2. The van der Waals surface area contributed by atoms with Crippen molar-refractivity contribution in [3.63, 3.8) is 0 Å². The number of aryl methyl sites for hydroxylation is 1.